The fourth-order valence-corrected chi connectivity index (χ4v) is 2.05. The van der Waals surface area contributed by atoms with Crippen molar-refractivity contribution in [1.82, 2.24) is 15.3 Å². The van der Waals surface area contributed by atoms with E-state index < -0.39 is 17.9 Å². The van der Waals surface area contributed by atoms with Crippen LogP contribution in [0.5, 0.6) is 0 Å². The van der Waals surface area contributed by atoms with Crippen molar-refractivity contribution in [2.24, 2.45) is 5.73 Å². The van der Waals surface area contributed by atoms with E-state index in [4.69, 9.17) is 5.73 Å². The van der Waals surface area contributed by atoms with Crippen molar-refractivity contribution in [3.63, 3.8) is 0 Å². The predicted octanol–water partition coefficient (Wildman–Crippen LogP) is 2.02. The minimum atomic E-state index is -4.53. The summed E-state index contributed by atoms with van der Waals surface area (Å²) in [7, 11) is 0. The molecule has 1 atom stereocenters. The highest BCUT2D eigenvalue weighted by atomic mass is 35.5. The largest absolute Gasteiger partial charge is 0.433 e. The number of anilines is 1. The van der Waals surface area contributed by atoms with Gasteiger partial charge in [-0.2, -0.15) is 13.2 Å². The Morgan fingerprint density at radius 3 is 2.50 bits per heavy atom. The molecule has 0 bridgehead atoms. The van der Waals surface area contributed by atoms with Gasteiger partial charge in [-0.05, 0) is 18.1 Å². The van der Waals surface area contributed by atoms with Crippen LogP contribution < -0.4 is 16.4 Å². The molecule has 1 aromatic carbocycles. The Bertz CT molecular complexity index is 700. The van der Waals surface area contributed by atoms with Crippen molar-refractivity contribution < 1.29 is 18.0 Å². The third-order valence-corrected chi connectivity index (χ3v) is 3.29. The van der Waals surface area contributed by atoms with Gasteiger partial charge in [0.1, 0.15) is 5.69 Å². The molecule has 26 heavy (non-hydrogen) atoms. The summed E-state index contributed by atoms with van der Waals surface area (Å²) in [6.07, 6.45) is -3.11. The predicted molar refractivity (Wildman–Crippen MR) is 93.9 cm³/mol. The van der Waals surface area contributed by atoms with Gasteiger partial charge in [-0.15, -0.1) is 12.4 Å². The van der Waals surface area contributed by atoms with Crippen LogP contribution in [0.15, 0.2) is 42.6 Å². The van der Waals surface area contributed by atoms with E-state index in [1.807, 2.05) is 30.3 Å². The average Bonchev–Trinajstić information content (AvgIpc) is 2.59. The van der Waals surface area contributed by atoms with Crippen LogP contribution in [0.3, 0.4) is 0 Å². The molecule has 0 aliphatic rings. The summed E-state index contributed by atoms with van der Waals surface area (Å²) in [5.41, 5.74) is 5.74. The van der Waals surface area contributed by atoms with Gasteiger partial charge in [0.2, 0.25) is 11.9 Å². The van der Waals surface area contributed by atoms with Gasteiger partial charge in [-0.3, -0.25) is 4.79 Å². The molecule has 1 heterocycles. The number of hydrogen-bond donors (Lipinski definition) is 3. The number of nitrogens with one attached hydrogen (secondary N) is 2. The van der Waals surface area contributed by atoms with Crippen LogP contribution in [0.1, 0.15) is 11.3 Å². The van der Waals surface area contributed by atoms with E-state index in [2.05, 4.69) is 20.6 Å². The number of aromatic nitrogens is 2. The monoisotopic (exact) mass is 389 g/mol. The van der Waals surface area contributed by atoms with Crippen molar-refractivity contribution in [2.45, 2.75) is 18.6 Å². The number of halogens is 4. The Balaban J connectivity index is 0.00000338. The maximum atomic E-state index is 12.5. The number of alkyl halides is 3. The van der Waals surface area contributed by atoms with Gasteiger partial charge in [0.15, 0.2) is 0 Å². The van der Waals surface area contributed by atoms with Crippen LogP contribution in [-0.4, -0.2) is 35.0 Å². The summed E-state index contributed by atoms with van der Waals surface area (Å²) in [5.74, 6) is -0.492. The van der Waals surface area contributed by atoms with Gasteiger partial charge in [0, 0.05) is 19.3 Å². The summed E-state index contributed by atoms with van der Waals surface area (Å²) < 4.78 is 37.6. The number of hydrogen-bond acceptors (Lipinski definition) is 5. The molecule has 2 aromatic rings. The molecule has 6 nitrogen and oxygen atoms in total. The Morgan fingerprint density at radius 1 is 1.15 bits per heavy atom. The molecular weight excluding hydrogens is 371 g/mol. The summed E-state index contributed by atoms with van der Waals surface area (Å²) in [6, 6.07) is 9.43. The van der Waals surface area contributed by atoms with E-state index in [0.717, 1.165) is 17.8 Å². The molecule has 0 spiro atoms. The molecule has 0 aliphatic heterocycles. The van der Waals surface area contributed by atoms with Crippen molar-refractivity contribution in [3.05, 3.63) is 53.9 Å². The van der Waals surface area contributed by atoms with Crippen molar-refractivity contribution in [3.8, 4) is 0 Å². The molecule has 1 aromatic heterocycles. The first-order chi connectivity index (χ1) is 11.9. The fourth-order valence-electron chi connectivity index (χ4n) is 2.05. The number of nitrogens with zero attached hydrogens (tertiary/aromatic N) is 2. The normalized spacial score (nSPS) is 12.0. The molecule has 2 rings (SSSR count). The standard InChI is InChI=1S/C16H18F3N5O.ClH/c17-16(18,19)13-6-7-22-15(24-13)23-9-8-21-14(25)12(20)10-11-4-2-1-3-5-11;/h1-7,12H,8-10,20H2,(H,21,25)(H,22,23,24);1H/t12-;/m0./s1. The Morgan fingerprint density at radius 2 is 1.85 bits per heavy atom. The highest BCUT2D eigenvalue weighted by Gasteiger charge is 2.32. The summed E-state index contributed by atoms with van der Waals surface area (Å²) >= 11 is 0. The van der Waals surface area contributed by atoms with Gasteiger partial charge in [-0.25, -0.2) is 9.97 Å². The first-order valence-corrected chi connectivity index (χ1v) is 7.57. The molecular formula is C16H19ClF3N5O. The number of amides is 1. The molecule has 0 radical (unpaired) electrons. The average molecular weight is 390 g/mol. The van der Waals surface area contributed by atoms with Gasteiger partial charge in [0.25, 0.3) is 0 Å². The van der Waals surface area contributed by atoms with Gasteiger partial charge < -0.3 is 16.4 Å². The highest BCUT2D eigenvalue weighted by molar-refractivity contribution is 5.85. The lowest BCUT2D eigenvalue weighted by Crippen LogP contribution is -2.43. The zero-order valence-electron chi connectivity index (χ0n) is 13.7. The Hall–Kier alpha value is -2.39. The fraction of sp³-hybridized carbons (Fsp3) is 0.312. The lowest BCUT2D eigenvalue weighted by molar-refractivity contribution is -0.141. The number of nitrogens with two attached hydrogens (primary N) is 1. The maximum Gasteiger partial charge on any atom is 0.433 e. The second-order valence-electron chi connectivity index (χ2n) is 5.28. The molecule has 142 valence electrons. The number of rotatable bonds is 7. The molecule has 0 aliphatic carbocycles. The molecule has 10 heteroatoms. The number of benzene rings is 1. The van der Waals surface area contributed by atoms with E-state index >= 15 is 0 Å². The second-order valence-corrected chi connectivity index (χ2v) is 5.28. The maximum absolute atomic E-state index is 12.5. The Labute approximate surface area is 154 Å². The van der Waals surface area contributed by atoms with E-state index in [1.54, 1.807) is 0 Å². The number of carbonyl (C=O) groups is 1. The van der Waals surface area contributed by atoms with Crippen LogP contribution in [0.2, 0.25) is 0 Å². The quantitative estimate of drug-likeness (QED) is 0.630. The minimum absolute atomic E-state index is 0. The van der Waals surface area contributed by atoms with Gasteiger partial charge >= 0.3 is 6.18 Å². The SMILES string of the molecule is Cl.N[C@@H](Cc1ccccc1)C(=O)NCCNc1nccc(C(F)(F)F)n1. The summed E-state index contributed by atoms with van der Waals surface area (Å²) in [4.78, 5) is 19.0. The molecule has 0 saturated carbocycles. The zero-order valence-corrected chi connectivity index (χ0v) is 14.5. The molecule has 0 saturated heterocycles. The van der Waals surface area contributed by atoms with E-state index in [0.29, 0.717) is 6.42 Å². The van der Waals surface area contributed by atoms with Crippen LogP contribution in [0.4, 0.5) is 19.1 Å². The van der Waals surface area contributed by atoms with Crippen molar-refractivity contribution in [2.75, 3.05) is 18.4 Å². The van der Waals surface area contributed by atoms with Gasteiger partial charge in [-0.1, -0.05) is 30.3 Å². The molecule has 4 N–H and O–H groups in total. The Kier molecular flexibility index (Phi) is 8.27. The molecule has 0 unspecified atom stereocenters. The van der Waals surface area contributed by atoms with Crippen LogP contribution in [-0.2, 0) is 17.4 Å². The third kappa shape index (κ3) is 6.85. The van der Waals surface area contributed by atoms with Crippen LogP contribution in [0, 0.1) is 0 Å². The minimum Gasteiger partial charge on any atom is -0.353 e. The van der Waals surface area contributed by atoms with Crippen LogP contribution >= 0.6 is 12.4 Å². The smallest absolute Gasteiger partial charge is 0.353 e. The lowest BCUT2D eigenvalue weighted by Gasteiger charge is -2.13. The third-order valence-electron chi connectivity index (χ3n) is 3.29. The van der Waals surface area contributed by atoms with E-state index in [1.165, 1.54) is 0 Å². The first kappa shape index (κ1) is 21.7. The summed E-state index contributed by atoms with van der Waals surface area (Å²) in [5, 5.41) is 5.24. The zero-order chi connectivity index (χ0) is 18.3. The molecule has 1 amide bonds. The van der Waals surface area contributed by atoms with E-state index in [-0.39, 0.29) is 37.4 Å². The molecule has 0 fully saturated rings. The van der Waals surface area contributed by atoms with Crippen molar-refractivity contribution >= 4 is 24.3 Å². The van der Waals surface area contributed by atoms with E-state index in [9.17, 15) is 18.0 Å². The topological polar surface area (TPSA) is 92.9 Å². The second kappa shape index (κ2) is 9.93. The highest BCUT2D eigenvalue weighted by Crippen LogP contribution is 2.27. The lowest BCUT2D eigenvalue weighted by atomic mass is 10.1. The van der Waals surface area contributed by atoms with Crippen molar-refractivity contribution in [1.29, 1.82) is 0 Å². The van der Waals surface area contributed by atoms with Gasteiger partial charge in [0.05, 0.1) is 6.04 Å². The summed E-state index contributed by atoms with van der Waals surface area (Å²) in [6.45, 7) is 0.353. The number of carbonyl (C=O) groups excluding carboxylic acids is 1. The first-order valence-electron chi connectivity index (χ1n) is 7.57. The van der Waals surface area contributed by atoms with Crippen LogP contribution in [0.25, 0.3) is 0 Å².